The highest BCUT2D eigenvalue weighted by atomic mass is 16.5. The number of rotatable bonds is 5. The van der Waals surface area contributed by atoms with Crippen LogP contribution in [0.15, 0.2) is 36.4 Å². The molecule has 2 aromatic rings. The van der Waals surface area contributed by atoms with E-state index in [1.54, 1.807) is 25.1 Å². The van der Waals surface area contributed by atoms with Gasteiger partial charge in [-0.2, -0.15) is 0 Å². The van der Waals surface area contributed by atoms with Crippen LogP contribution in [0.25, 0.3) is 0 Å². The van der Waals surface area contributed by atoms with Gasteiger partial charge >= 0.3 is 6.03 Å². The molecule has 184 valence electrons. The number of hydrogen-bond acceptors (Lipinski definition) is 5. The maximum atomic E-state index is 13.3. The zero-order chi connectivity index (χ0) is 24.6. The molecular formula is C27H31N3O5. The number of aryl methyl sites for hydroxylation is 2. The molecule has 1 aliphatic carbocycles. The fraction of sp³-hybridized carbons (Fsp3) is 0.444. The van der Waals surface area contributed by atoms with Gasteiger partial charge in [0.05, 0.1) is 19.3 Å². The largest absolute Gasteiger partial charge is 0.490 e. The van der Waals surface area contributed by atoms with Gasteiger partial charge in [0, 0.05) is 6.42 Å². The molecule has 2 aromatic carbocycles. The third-order valence-electron chi connectivity index (χ3n) is 7.15. The molecular weight excluding hydrogens is 446 g/mol. The number of benzene rings is 2. The number of urea groups is 1. The molecule has 5 rings (SSSR count). The molecule has 3 aliphatic rings. The number of fused-ring (bicyclic) bond motifs is 2. The summed E-state index contributed by atoms with van der Waals surface area (Å²) in [7, 11) is 0. The fourth-order valence-corrected chi connectivity index (χ4v) is 5.05. The summed E-state index contributed by atoms with van der Waals surface area (Å²) in [6.45, 7) is 4.28. The van der Waals surface area contributed by atoms with Gasteiger partial charge in [0.15, 0.2) is 11.5 Å². The van der Waals surface area contributed by atoms with E-state index in [-0.39, 0.29) is 18.5 Å². The van der Waals surface area contributed by atoms with Crippen LogP contribution in [-0.2, 0) is 28.0 Å². The number of carbonyl (C=O) groups excluding carboxylic acids is 3. The first-order chi connectivity index (χ1) is 16.8. The van der Waals surface area contributed by atoms with Gasteiger partial charge in [0.1, 0.15) is 12.1 Å². The van der Waals surface area contributed by atoms with Crippen molar-refractivity contribution >= 4 is 17.8 Å². The SMILES string of the molecule is C[C@@H](NC(=O)CN1C(=O)N[C@](C)(c2ccc3c(c2)OCCCO3)C1=O)c1ccc2c(c1)CCCC2. The highest BCUT2D eigenvalue weighted by Crippen LogP contribution is 2.36. The van der Waals surface area contributed by atoms with E-state index in [0.717, 1.165) is 29.7 Å². The Hall–Kier alpha value is -3.55. The van der Waals surface area contributed by atoms with Crippen molar-refractivity contribution in [3.63, 3.8) is 0 Å². The molecule has 1 saturated heterocycles. The molecule has 35 heavy (non-hydrogen) atoms. The summed E-state index contributed by atoms with van der Waals surface area (Å²) in [5.74, 6) is 0.285. The van der Waals surface area contributed by atoms with E-state index in [1.165, 1.54) is 24.0 Å². The molecule has 0 radical (unpaired) electrons. The Morgan fingerprint density at radius 1 is 1.03 bits per heavy atom. The van der Waals surface area contributed by atoms with Crippen molar-refractivity contribution in [1.29, 1.82) is 0 Å². The first-order valence-corrected chi connectivity index (χ1v) is 12.3. The van der Waals surface area contributed by atoms with E-state index >= 15 is 0 Å². The minimum atomic E-state index is -1.30. The molecule has 8 heteroatoms. The number of imide groups is 1. The Kier molecular flexibility index (Phi) is 6.13. The molecule has 2 aliphatic heterocycles. The summed E-state index contributed by atoms with van der Waals surface area (Å²) in [5.41, 5.74) is 3.02. The second-order valence-electron chi connectivity index (χ2n) is 9.68. The van der Waals surface area contributed by atoms with Crippen LogP contribution in [0.4, 0.5) is 4.79 Å². The standard InChI is InChI=1S/C27H31N3O5/c1-17(19-9-8-18-6-3-4-7-20(18)14-19)28-24(31)16-30-25(32)27(2,29-26(30)33)21-10-11-22-23(15-21)35-13-5-12-34-22/h8-11,14-15,17H,3-7,12-13,16H2,1-2H3,(H,28,31)(H,29,33)/t17-,27-/m1/s1. The predicted octanol–water partition coefficient (Wildman–Crippen LogP) is 3.37. The van der Waals surface area contributed by atoms with Crippen molar-refractivity contribution in [2.75, 3.05) is 19.8 Å². The number of ether oxygens (including phenoxy) is 2. The minimum Gasteiger partial charge on any atom is -0.490 e. The van der Waals surface area contributed by atoms with E-state index < -0.39 is 17.5 Å². The van der Waals surface area contributed by atoms with E-state index in [9.17, 15) is 14.4 Å². The second-order valence-corrected chi connectivity index (χ2v) is 9.68. The van der Waals surface area contributed by atoms with Crippen molar-refractivity contribution in [1.82, 2.24) is 15.5 Å². The van der Waals surface area contributed by atoms with Gasteiger partial charge in [0.25, 0.3) is 5.91 Å². The third-order valence-corrected chi connectivity index (χ3v) is 7.15. The number of amides is 4. The van der Waals surface area contributed by atoms with Crippen LogP contribution >= 0.6 is 0 Å². The van der Waals surface area contributed by atoms with Gasteiger partial charge in [-0.15, -0.1) is 0 Å². The van der Waals surface area contributed by atoms with Crippen molar-refractivity contribution < 1.29 is 23.9 Å². The van der Waals surface area contributed by atoms with Crippen molar-refractivity contribution in [3.05, 3.63) is 58.7 Å². The van der Waals surface area contributed by atoms with Crippen molar-refractivity contribution in [3.8, 4) is 11.5 Å². The average Bonchev–Trinajstić information content (AvgIpc) is 3.01. The molecule has 0 saturated carbocycles. The lowest BCUT2D eigenvalue weighted by atomic mass is 9.89. The maximum Gasteiger partial charge on any atom is 0.325 e. The van der Waals surface area contributed by atoms with Crippen molar-refractivity contribution in [2.24, 2.45) is 0 Å². The van der Waals surface area contributed by atoms with Gasteiger partial charge < -0.3 is 20.1 Å². The smallest absolute Gasteiger partial charge is 0.325 e. The van der Waals surface area contributed by atoms with E-state index in [1.807, 2.05) is 13.0 Å². The number of nitrogens with one attached hydrogen (secondary N) is 2. The molecule has 0 bridgehead atoms. The first-order valence-electron chi connectivity index (χ1n) is 12.3. The lowest BCUT2D eigenvalue weighted by molar-refractivity contribution is -0.135. The quantitative estimate of drug-likeness (QED) is 0.644. The molecule has 4 amide bonds. The van der Waals surface area contributed by atoms with Crippen LogP contribution in [0.2, 0.25) is 0 Å². The molecule has 1 fully saturated rings. The minimum absolute atomic E-state index is 0.233. The number of hydrogen-bond donors (Lipinski definition) is 2. The van der Waals surface area contributed by atoms with Gasteiger partial charge in [-0.05, 0) is 73.9 Å². The Balaban J connectivity index is 1.27. The molecule has 0 spiro atoms. The topological polar surface area (TPSA) is 97.0 Å². The van der Waals surface area contributed by atoms with Gasteiger partial charge in [-0.3, -0.25) is 14.5 Å². The maximum absolute atomic E-state index is 13.3. The zero-order valence-electron chi connectivity index (χ0n) is 20.2. The van der Waals surface area contributed by atoms with E-state index in [2.05, 4.69) is 22.8 Å². The molecule has 2 N–H and O–H groups in total. The zero-order valence-corrected chi connectivity index (χ0v) is 20.2. The monoisotopic (exact) mass is 477 g/mol. The van der Waals surface area contributed by atoms with Crippen molar-refractivity contribution in [2.45, 2.75) is 57.5 Å². The molecule has 2 heterocycles. The number of nitrogens with zero attached hydrogens (tertiary/aromatic N) is 1. The van der Waals surface area contributed by atoms with Crippen LogP contribution in [0, 0.1) is 0 Å². The number of carbonyl (C=O) groups is 3. The predicted molar refractivity (Wildman–Crippen MR) is 129 cm³/mol. The summed E-state index contributed by atoms with van der Waals surface area (Å²) in [6, 6.07) is 10.7. The normalized spacial score (nSPS) is 22.2. The highest BCUT2D eigenvalue weighted by molar-refractivity contribution is 6.09. The lowest BCUT2D eigenvalue weighted by Crippen LogP contribution is -2.43. The molecule has 0 unspecified atom stereocenters. The summed E-state index contributed by atoms with van der Waals surface area (Å²) >= 11 is 0. The Morgan fingerprint density at radius 2 is 1.77 bits per heavy atom. The highest BCUT2D eigenvalue weighted by Gasteiger charge is 2.49. The summed E-state index contributed by atoms with van der Waals surface area (Å²) < 4.78 is 11.4. The van der Waals surface area contributed by atoms with Gasteiger partial charge in [-0.25, -0.2) is 4.79 Å². The Labute approximate surface area is 205 Å². The van der Waals surface area contributed by atoms with E-state index in [4.69, 9.17) is 9.47 Å². The van der Waals surface area contributed by atoms with Crippen LogP contribution in [0.1, 0.15) is 61.4 Å². The summed E-state index contributed by atoms with van der Waals surface area (Å²) in [5, 5.41) is 5.69. The van der Waals surface area contributed by atoms with Gasteiger partial charge in [0.2, 0.25) is 5.91 Å². The van der Waals surface area contributed by atoms with Crippen LogP contribution in [-0.4, -0.2) is 42.5 Å². The Morgan fingerprint density at radius 3 is 2.57 bits per heavy atom. The Bertz CT molecular complexity index is 1180. The second kappa shape index (κ2) is 9.24. The third kappa shape index (κ3) is 4.45. The average molecular weight is 478 g/mol. The summed E-state index contributed by atoms with van der Waals surface area (Å²) in [4.78, 5) is 39.8. The van der Waals surface area contributed by atoms with Crippen LogP contribution in [0.3, 0.4) is 0 Å². The summed E-state index contributed by atoms with van der Waals surface area (Å²) in [6.07, 6.45) is 5.33. The van der Waals surface area contributed by atoms with Crippen LogP contribution in [0.5, 0.6) is 11.5 Å². The molecule has 0 aromatic heterocycles. The molecule has 2 atom stereocenters. The lowest BCUT2D eigenvalue weighted by Gasteiger charge is -2.23. The van der Waals surface area contributed by atoms with E-state index in [0.29, 0.717) is 30.3 Å². The molecule has 8 nitrogen and oxygen atoms in total. The van der Waals surface area contributed by atoms with Crippen LogP contribution < -0.4 is 20.1 Å². The first kappa shape index (κ1) is 23.2. The fourth-order valence-electron chi connectivity index (χ4n) is 5.05. The van der Waals surface area contributed by atoms with Gasteiger partial charge in [-0.1, -0.05) is 24.3 Å².